The lowest BCUT2D eigenvalue weighted by atomic mass is 9.44. The fourth-order valence-corrected chi connectivity index (χ4v) is 8.47. The highest BCUT2D eigenvalue weighted by Gasteiger charge is 2.62. The highest BCUT2D eigenvalue weighted by molar-refractivity contribution is 5.83. The van der Waals surface area contributed by atoms with Crippen LogP contribution >= 0.6 is 0 Å². The molecule has 4 aliphatic rings. The SMILES string of the molecule is C[C@H](CCC=O)[C@H]1CC[C@H]2[C@@H]3C(=O)CC4CCCC[C@]4(C)[C@H]3CC[C@]12C.O. The largest absolute Gasteiger partial charge is 0.412 e. The summed E-state index contributed by atoms with van der Waals surface area (Å²) in [4.78, 5) is 24.2. The van der Waals surface area contributed by atoms with Gasteiger partial charge in [-0.2, -0.15) is 0 Å². The second kappa shape index (κ2) is 7.61. The average molecular weight is 377 g/mol. The molecule has 154 valence electrons. The minimum Gasteiger partial charge on any atom is -0.412 e. The van der Waals surface area contributed by atoms with Crippen LogP contribution in [0.2, 0.25) is 0 Å². The van der Waals surface area contributed by atoms with Gasteiger partial charge in [0.2, 0.25) is 0 Å². The Morgan fingerprint density at radius 3 is 2.52 bits per heavy atom. The normalized spacial score (nSPS) is 47.2. The van der Waals surface area contributed by atoms with Crippen molar-refractivity contribution in [2.75, 3.05) is 0 Å². The van der Waals surface area contributed by atoms with Crippen LogP contribution in [-0.2, 0) is 9.59 Å². The van der Waals surface area contributed by atoms with E-state index in [1.54, 1.807) is 0 Å². The topological polar surface area (TPSA) is 65.6 Å². The molecule has 0 radical (unpaired) electrons. The Labute approximate surface area is 165 Å². The van der Waals surface area contributed by atoms with Gasteiger partial charge in [0.05, 0.1) is 0 Å². The molecule has 0 aromatic heterocycles. The number of rotatable bonds is 4. The molecule has 0 saturated heterocycles. The lowest BCUT2D eigenvalue weighted by Crippen LogP contribution is -2.56. The van der Waals surface area contributed by atoms with E-state index in [-0.39, 0.29) is 5.48 Å². The number of fused-ring (bicyclic) bond motifs is 5. The molecule has 3 heteroatoms. The summed E-state index contributed by atoms with van der Waals surface area (Å²) in [6, 6.07) is 0. The Bertz CT molecular complexity index is 572. The van der Waals surface area contributed by atoms with E-state index in [2.05, 4.69) is 20.8 Å². The van der Waals surface area contributed by atoms with Crippen LogP contribution in [0.15, 0.2) is 0 Å². The molecule has 0 aromatic carbocycles. The summed E-state index contributed by atoms with van der Waals surface area (Å²) in [6.07, 6.45) is 14.1. The van der Waals surface area contributed by atoms with Gasteiger partial charge in [-0.15, -0.1) is 0 Å². The second-order valence-corrected chi connectivity index (χ2v) is 10.8. The molecule has 3 nitrogen and oxygen atoms in total. The number of aldehydes is 1. The van der Waals surface area contributed by atoms with Crippen molar-refractivity contribution in [3.8, 4) is 0 Å². The fraction of sp³-hybridized carbons (Fsp3) is 0.917. The van der Waals surface area contributed by atoms with Gasteiger partial charge < -0.3 is 10.3 Å². The van der Waals surface area contributed by atoms with E-state index in [1.807, 2.05) is 0 Å². The molecule has 0 bridgehead atoms. The Morgan fingerprint density at radius 1 is 1.04 bits per heavy atom. The third kappa shape index (κ3) is 3.12. The molecule has 4 saturated carbocycles. The molecule has 0 aromatic rings. The lowest BCUT2D eigenvalue weighted by molar-refractivity contribution is -0.156. The number of Topliss-reactive ketones (excluding diaryl/α,β-unsaturated/α-hetero) is 1. The van der Waals surface area contributed by atoms with Crippen molar-refractivity contribution in [2.24, 2.45) is 46.3 Å². The van der Waals surface area contributed by atoms with Crippen LogP contribution in [0.4, 0.5) is 0 Å². The summed E-state index contributed by atoms with van der Waals surface area (Å²) in [5.41, 5.74) is 0.760. The summed E-state index contributed by atoms with van der Waals surface area (Å²) < 4.78 is 0. The molecule has 4 fully saturated rings. The molecule has 4 rings (SSSR count). The molecule has 0 heterocycles. The predicted molar refractivity (Wildman–Crippen MR) is 108 cm³/mol. The summed E-state index contributed by atoms with van der Waals surface area (Å²) in [5.74, 6) is 4.21. The first-order valence-corrected chi connectivity index (χ1v) is 11.4. The monoisotopic (exact) mass is 376 g/mol. The second-order valence-electron chi connectivity index (χ2n) is 10.8. The predicted octanol–water partition coefficient (Wildman–Crippen LogP) is 5.00. The molecule has 0 amide bonds. The van der Waals surface area contributed by atoms with Crippen molar-refractivity contribution in [2.45, 2.75) is 91.4 Å². The Hall–Kier alpha value is -0.700. The highest BCUT2D eigenvalue weighted by atomic mass is 16.1. The van der Waals surface area contributed by atoms with E-state index in [4.69, 9.17) is 0 Å². The fourth-order valence-electron chi connectivity index (χ4n) is 8.47. The maximum atomic E-state index is 13.3. The molecule has 27 heavy (non-hydrogen) atoms. The number of carbonyl (C=O) groups is 2. The van der Waals surface area contributed by atoms with Gasteiger partial charge in [0.15, 0.2) is 0 Å². The van der Waals surface area contributed by atoms with Gasteiger partial charge in [-0.05, 0) is 85.4 Å². The minimum atomic E-state index is 0. The van der Waals surface area contributed by atoms with Gasteiger partial charge in [0, 0.05) is 18.8 Å². The van der Waals surface area contributed by atoms with Crippen LogP contribution in [-0.4, -0.2) is 17.5 Å². The van der Waals surface area contributed by atoms with Crippen molar-refractivity contribution in [1.29, 1.82) is 0 Å². The average Bonchev–Trinajstić information content (AvgIpc) is 2.97. The molecule has 2 N–H and O–H groups in total. The van der Waals surface area contributed by atoms with Crippen molar-refractivity contribution in [3.63, 3.8) is 0 Å². The summed E-state index contributed by atoms with van der Waals surface area (Å²) in [7, 11) is 0. The molecule has 4 aliphatic carbocycles. The molecule has 1 unspecified atom stereocenters. The van der Waals surface area contributed by atoms with E-state index in [9.17, 15) is 9.59 Å². The van der Waals surface area contributed by atoms with E-state index in [1.165, 1.54) is 51.4 Å². The molecular formula is C24H40O3. The maximum absolute atomic E-state index is 13.3. The Morgan fingerprint density at radius 2 is 1.78 bits per heavy atom. The maximum Gasteiger partial charge on any atom is 0.136 e. The van der Waals surface area contributed by atoms with E-state index >= 15 is 0 Å². The van der Waals surface area contributed by atoms with Gasteiger partial charge in [-0.25, -0.2) is 0 Å². The summed E-state index contributed by atoms with van der Waals surface area (Å²) in [5, 5.41) is 0. The van der Waals surface area contributed by atoms with Crippen molar-refractivity contribution < 1.29 is 15.1 Å². The van der Waals surface area contributed by atoms with Crippen molar-refractivity contribution in [1.82, 2.24) is 0 Å². The number of ketones is 1. The zero-order valence-electron chi connectivity index (χ0n) is 17.6. The van der Waals surface area contributed by atoms with E-state index < -0.39 is 0 Å². The smallest absolute Gasteiger partial charge is 0.136 e. The standard InChI is InChI=1S/C24H38O2.H2O/c1-16(7-6-14-25)18-9-10-19-22-20(11-13-24(18,19)3)23(2)12-5-4-8-17(23)15-21(22)26;/h14,16-20,22H,4-13,15H2,1-3H3;1H2/t16-,17?,18-,19+,20+,22+,23+,24-;/m1./s1. The van der Waals surface area contributed by atoms with Crippen LogP contribution in [0.25, 0.3) is 0 Å². The Kier molecular flexibility index (Phi) is 5.93. The minimum absolute atomic E-state index is 0. The summed E-state index contributed by atoms with van der Waals surface area (Å²) in [6.45, 7) is 7.41. The van der Waals surface area contributed by atoms with Gasteiger partial charge in [0.1, 0.15) is 12.1 Å². The van der Waals surface area contributed by atoms with Crippen molar-refractivity contribution >= 4 is 12.1 Å². The van der Waals surface area contributed by atoms with Gasteiger partial charge in [-0.3, -0.25) is 4.79 Å². The molecular weight excluding hydrogens is 336 g/mol. The van der Waals surface area contributed by atoms with Crippen LogP contribution in [0.3, 0.4) is 0 Å². The van der Waals surface area contributed by atoms with E-state index in [0.717, 1.165) is 19.1 Å². The lowest BCUT2D eigenvalue weighted by Gasteiger charge is -2.60. The zero-order valence-corrected chi connectivity index (χ0v) is 17.6. The van der Waals surface area contributed by atoms with Crippen LogP contribution in [0, 0.1) is 46.3 Å². The van der Waals surface area contributed by atoms with Crippen LogP contribution < -0.4 is 0 Å². The van der Waals surface area contributed by atoms with Crippen LogP contribution in [0.1, 0.15) is 91.4 Å². The third-order valence-corrected chi connectivity index (χ3v) is 9.89. The molecule has 0 spiro atoms. The first-order chi connectivity index (χ1) is 12.4. The number of hydrogen-bond acceptors (Lipinski definition) is 2. The highest BCUT2D eigenvalue weighted by Crippen LogP contribution is 2.67. The molecule has 0 aliphatic heterocycles. The van der Waals surface area contributed by atoms with Gasteiger partial charge >= 0.3 is 0 Å². The quantitative estimate of drug-likeness (QED) is 0.648. The zero-order chi connectivity index (χ0) is 18.5. The first kappa shape index (κ1) is 21.0. The first-order valence-electron chi connectivity index (χ1n) is 11.4. The van der Waals surface area contributed by atoms with E-state index in [0.29, 0.717) is 58.5 Å². The van der Waals surface area contributed by atoms with Gasteiger partial charge in [0.25, 0.3) is 0 Å². The number of carbonyl (C=O) groups excluding carboxylic acids is 2. The Balaban J connectivity index is 0.00000210. The molecule has 8 atom stereocenters. The third-order valence-electron chi connectivity index (χ3n) is 9.89. The van der Waals surface area contributed by atoms with Crippen molar-refractivity contribution in [3.05, 3.63) is 0 Å². The summed E-state index contributed by atoms with van der Waals surface area (Å²) >= 11 is 0. The number of hydrogen-bond donors (Lipinski definition) is 0. The van der Waals surface area contributed by atoms with Gasteiger partial charge in [-0.1, -0.05) is 33.6 Å². The van der Waals surface area contributed by atoms with Crippen LogP contribution in [0.5, 0.6) is 0 Å².